The fourth-order valence-corrected chi connectivity index (χ4v) is 2.53. The second kappa shape index (κ2) is 12.6. The summed E-state index contributed by atoms with van der Waals surface area (Å²) in [7, 11) is 0. The highest BCUT2D eigenvalue weighted by molar-refractivity contribution is 5.94. The molecule has 13 nitrogen and oxygen atoms in total. The molecule has 32 heavy (non-hydrogen) atoms. The zero-order chi connectivity index (χ0) is 24.3. The predicted molar refractivity (Wildman–Crippen MR) is 107 cm³/mol. The van der Waals surface area contributed by atoms with Crippen LogP contribution in [-0.4, -0.2) is 75.6 Å². The van der Waals surface area contributed by atoms with Gasteiger partial charge in [0.2, 0.25) is 17.7 Å². The van der Waals surface area contributed by atoms with E-state index in [1.54, 1.807) is 30.3 Å². The highest BCUT2D eigenvalue weighted by Gasteiger charge is 2.27. The van der Waals surface area contributed by atoms with Crippen LogP contribution in [0.2, 0.25) is 0 Å². The number of carbonyl (C=O) groups excluding carboxylic acids is 3. The van der Waals surface area contributed by atoms with E-state index in [1.165, 1.54) is 0 Å². The summed E-state index contributed by atoms with van der Waals surface area (Å²) in [6.45, 7) is -0.690. The summed E-state index contributed by atoms with van der Waals surface area (Å²) in [6, 6.07) is 4.18. The minimum absolute atomic E-state index is 0.00338. The molecule has 1 aromatic rings. The van der Waals surface area contributed by atoms with Crippen molar-refractivity contribution in [3.8, 4) is 0 Å². The van der Waals surface area contributed by atoms with Gasteiger partial charge < -0.3 is 37.0 Å². The minimum Gasteiger partial charge on any atom is -0.481 e. The monoisotopic (exact) mass is 452 g/mol. The zero-order valence-corrected chi connectivity index (χ0v) is 16.8. The van der Waals surface area contributed by atoms with E-state index in [2.05, 4.69) is 10.6 Å². The Kier molecular flexibility index (Phi) is 10.3. The number of nitrogens with one attached hydrogen (secondary N) is 3. The van der Waals surface area contributed by atoms with Crippen molar-refractivity contribution in [2.45, 2.75) is 37.4 Å². The van der Waals surface area contributed by atoms with E-state index in [0.717, 1.165) is 0 Å². The first-order chi connectivity index (χ1) is 15.0. The van der Waals surface area contributed by atoms with Gasteiger partial charge in [-0.3, -0.25) is 24.0 Å². The highest BCUT2D eigenvalue weighted by Crippen LogP contribution is 2.04. The zero-order valence-electron chi connectivity index (χ0n) is 16.8. The van der Waals surface area contributed by atoms with Gasteiger partial charge in [-0.2, -0.15) is 0 Å². The summed E-state index contributed by atoms with van der Waals surface area (Å²) in [5.41, 5.74) is 6.16. The number of nitrogens with two attached hydrogens (primary N) is 1. The van der Waals surface area contributed by atoms with Crippen molar-refractivity contribution in [1.29, 1.82) is 0 Å². The van der Waals surface area contributed by atoms with Crippen LogP contribution in [0.1, 0.15) is 18.4 Å². The van der Waals surface area contributed by atoms with E-state index in [9.17, 15) is 28.8 Å². The summed E-state index contributed by atoms with van der Waals surface area (Å²) >= 11 is 0. The second-order valence-corrected chi connectivity index (χ2v) is 6.73. The lowest BCUT2D eigenvalue weighted by Crippen LogP contribution is -2.54. The molecule has 1 rings (SSSR count). The van der Waals surface area contributed by atoms with Crippen LogP contribution in [0.25, 0.3) is 0 Å². The lowest BCUT2D eigenvalue weighted by Gasteiger charge is -2.20. The molecular formula is C19H24N4O9. The van der Waals surface area contributed by atoms with Gasteiger partial charge in [0.15, 0.2) is 0 Å². The van der Waals surface area contributed by atoms with E-state index in [-0.39, 0.29) is 6.42 Å². The third kappa shape index (κ3) is 9.67. The maximum absolute atomic E-state index is 12.6. The Bertz CT molecular complexity index is 860. The van der Waals surface area contributed by atoms with Crippen molar-refractivity contribution in [3.63, 3.8) is 0 Å². The van der Waals surface area contributed by atoms with Crippen molar-refractivity contribution in [2.75, 3.05) is 6.54 Å². The summed E-state index contributed by atoms with van der Waals surface area (Å²) in [5.74, 6) is -6.97. The third-order valence-corrected chi connectivity index (χ3v) is 4.08. The quantitative estimate of drug-likeness (QED) is 0.169. The van der Waals surface area contributed by atoms with Crippen LogP contribution < -0.4 is 21.7 Å². The molecule has 0 heterocycles. The van der Waals surface area contributed by atoms with E-state index in [1.807, 2.05) is 5.32 Å². The van der Waals surface area contributed by atoms with Gasteiger partial charge in [-0.15, -0.1) is 0 Å². The first-order valence-corrected chi connectivity index (χ1v) is 9.33. The molecule has 0 saturated carbocycles. The molecular weight excluding hydrogens is 428 g/mol. The highest BCUT2D eigenvalue weighted by atomic mass is 16.4. The van der Waals surface area contributed by atoms with Crippen LogP contribution in [0.4, 0.5) is 0 Å². The molecule has 0 radical (unpaired) electrons. The largest absolute Gasteiger partial charge is 0.481 e. The molecule has 0 spiro atoms. The molecule has 3 atom stereocenters. The number of amides is 3. The Morgan fingerprint density at radius 1 is 0.812 bits per heavy atom. The summed E-state index contributed by atoms with van der Waals surface area (Å²) < 4.78 is 0. The molecule has 3 unspecified atom stereocenters. The molecule has 0 aliphatic carbocycles. The molecule has 8 N–H and O–H groups in total. The summed E-state index contributed by atoms with van der Waals surface area (Å²) in [5, 5.41) is 32.9. The van der Waals surface area contributed by atoms with Crippen LogP contribution in [0.5, 0.6) is 0 Å². The average Bonchev–Trinajstić information content (AvgIpc) is 2.70. The van der Waals surface area contributed by atoms with Gasteiger partial charge >= 0.3 is 17.9 Å². The average molecular weight is 452 g/mol. The smallest absolute Gasteiger partial charge is 0.326 e. The van der Waals surface area contributed by atoms with Gasteiger partial charge in [-0.25, -0.2) is 4.79 Å². The molecule has 0 aliphatic heterocycles. The van der Waals surface area contributed by atoms with E-state index in [4.69, 9.17) is 21.1 Å². The fourth-order valence-electron chi connectivity index (χ4n) is 2.53. The number of aliphatic carboxylic acids is 3. The molecule has 0 bridgehead atoms. The number of carboxylic acid groups (broad SMARTS) is 3. The lowest BCUT2D eigenvalue weighted by molar-refractivity contribution is -0.147. The Hall–Kier alpha value is -4.00. The van der Waals surface area contributed by atoms with Gasteiger partial charge in [0.25, 0.3) is 0 Å². The number of carbonyl (C=O) groups is 6. The first kappa shape index (κ1) is 26.0. The molecule has 0 aliphatic rings. The van der Waals surface area contributed by atoms with Crippen LogP contribution in [0.3, 0.4) is 0 Å². The van der Waals surface area contributed by atoms with Crippen LogP contribution in [-0.2, 0) is 35.2 Å². The Morgan fingerprint density at radius 2 is 1.41 bits per heavy atom. The predicted octanol–water partition coefficient (Wildman–Crippen LogP) is -2.32. The van der Waals surface area contributed by atoms with E-state index >= 15 is 0 Å². The van der Waals surface area contributed by atoms with Crippen molar-refractivity contribution in [3.05, 3.63) is 35.9 Å². The van der Waals surface area contributed by atoms with Crippen LogP contribution in [0, 0.1) is 0 Å². The Labute approximate surface area is 182 Å². The van der Waals surface area contributed by atoms with Crippen LogP contribution >= 0.6 is 0 Å². The first-order valence-electron chi connectivity index (χ1n) is 9.33. The minimum atomic E-state index is -1.69. The van der Waals surface area contributed by atoms with Crippen molar-refractivity contribution in [2.24, 2.45) is 5.73 Å². The molecule has 0 fully saturated rings. The van der Waals surface area contributed by atoms with Gasteiger partial charge in [-0.1, -0.05) is 30.3 Å². The number of carboxylic acids is 3. The SMILES string of the molecule is NC(CC(=O)O)C(=O)NC(Cc1ccccc1)C(=O)NCC(=O)NC(CC(=O)O)C(=O)O. The molecule has 0 saturated heterocycles. The molecule has 0 aromatic heterocycles. The second-order valence-electron chi connectivity index (χ2n) is 6.73. The van der Waals surface area contributed by atoms with Gasteiger partial charge in [0.05, 0.1) is 25.4 Å². The maximum Gasteiger partial charge on any atom is 0.326 e. The van der Waals surface area contributed by atoms with E-state index < -0.39 is 73.1 Å². The van der Waals surface area contributed by atoms with Gasteiger partial charge in [-0.05, 0) is 5.56 Å². The van der Waals surface area contributed by atoms with Crippen molar-refractivity contribution < 1.29 is 44.1 Å². The van der Waals surface area contributed by atoms with E-state index in [0.29, 0.717) is 5.56 Å². The molecule has 174 valence electrons. The van der Waals surface area contributed by atoms with Crippen LogP contribution in [0.15, 0.2) is 30.3 Å². The number of rotatable bonds is 13. The normalized spacial score (nSPS) is 13.2. The number of hydrogen-bond donors (Lipinski definition) is 7. The van der Waals surface area contributed by atoms with Gasteiger partial charge in [0.1, 0.15) is 12.1 Å². The fraction of sp³-hybridized carbons (Fsp3) is 0.368. The lowest BCUT2D eigenvalue weighted by atomic mass is 10.0. The third-order valence-electron chi connectivity index (χ3n) is 4.08. The van der Waals surface area contributed by atoms with Crippen molar-refractivity contribution in [1.82, 2.24) is 16.0 Å². The number of benzene rings is 1. The molecule has 13 heteroatoms. The molecule has 1 aromatic carbocycles. The Balaban J connectivity index is 2.80. The topological polar surface area (TPSA) is 225 Å². The molecule has 3 amide bonds. The number of hydrogen-bond acceptors (Lipinski definition) is 7. The summed E-state index contributed by atoms with van der Waals surface area (Å²) in [4.78, 5) is 69.1. The summed E-state index contributed by atoms with van der Waals surface area (Å²) in [6.07, 6.45) is -1.52. The van der Waals surface area contributed by atoms with Gasteiger partial charge in [0, 0.05) is 6.42 Å². The standard InChI is InChI=1S/C19H24N4O9/c20-11(7-15(25)26)17(29)23-12(6-10-4-2-1-3-5-10)18(30)21-9-14(24)22-13(19(31)32)8-16(27)28/h1-5,11-13H,6-9,20H2,(H,21,30)(H,22,24)(H,23,29)(H,25,26)(H,27,28)(H,31,32). The maximum atomic E-state index is 12.6. The Morgan fingerprint density at radius 3 is 1.94 bits per heavy atom. The van der Waals surface area contributed by atoms with Crippen molar-refractivity contribution >= 4 is 35.6 Å².